The molecule has 138 valence electrons. The molecule has 0 unspecified atom stereocenters. The third-order valence-electron chi connectivity index (χ3n) is 5.07. The van der Waals surface area contributed by atoms with Crippen molar-refractivity contribution in [3.63, 3.8) is 0 Å². The molecular weight excluding hydrogens is 322 g/mol. The summed E-state index contributed by atoms with van der Waals surface area (Å²) in [6.45, 7) is 4.01. The van der Waals surface area contributed by atoms with E-state index in [2.05, 4.69) is 30.4 Å². The third kappa shape index (κ3) is 4.66. The van der Waals surface area contributed by atoms with Gasteiger partial charge in [0.25, 0.3) is 5.91 Å². The summed E-state index contributed by atoms with van der Waals surface area (Å²) in [7, 11) is 0. The molecule has 0 aromatic heterocycles. The summed E-state index contributed by atoms with van der Waals surface area (Å²) in [5.74, 6) is 0.750. The van der Waals surface area contributed by atoms with Crippen LogP contribution < -0.4 is 10.1 Å². The molecule has 0 spiro atoms. The Morgan fingerprint density at radius 2 is 1.88 bits per heavy atom. The molecule has 2 aromatic rings. The monoisotopic (exact) mass is 351 g/mol. The second kappa shape index (κ2) is 8.88. The number of unbranched alkanes of at least 4 members (excludes halogenated alkanes) is 1. The highest BCUT2D eigenvalue weighted by Gasteiger charge is 2.19. The zero-order chi connectivity index (χ0) is 18.4. The Balaban J connectivity index is 1.60. The molecule has 0 radical (unpaired) electrons. The van der Waals surface area contributed by atoms with Gasteiger partial charge in [-0.3, -0.25) is 4.79 Å². The normalized spacial score (nSPS) is 14.4. The molecule has 0 heterocycles. The number of benzene rings is 2. The fraction of sp³-hybridized carbons (Fsp3) is 0.435. The average molecular weight is 351 g/mol. The number of nitrogens with one attached hydrogen (secondary N) is 1. The van der Waals surface area contributed by atoms with E-state index in [9.17, 15) is 4.79 Å². The molecule has 2 aromatic carbocycles. The van der Waals surface area contributed by atoms with Gasteiger partial charge in [0.1, 0.15) is 5.75 Å². The van der Waals surface area contributed by atoms with Crippen LogP contribution in [0.2, 0.25) is 0 Å². The Labute approximate surface area is 156 Å². The second-order valence-corrected chi connectivity index (χ2v) is 7.15. The summed E-state index contributed by atoms with van der Waals surface area (Å²) in [4.78, 5) is 12.5. The smallest absolute Gasteiger partial charge is 0.265 e. The van der Waals surface area contributed by atoms with E-state index in [-0.39, 0.29) is 5.91 Å². The third-order valence-corrected chi connectivity index (χ3v) is 5.07. The van der Waals surface area contributed by atoms with E-state index in [1.807, 2.05) is 31.2 Å². The van der Waals surface area contributed by atoms with Crippen LogP contribution in [0.25, 0.3) is 0 Å². The van der Waals surface area contributed by atoms with E-state index in [4.69, 9.17) is 4.74 Å². The summed E-state index contributed by atoms with van der Waals surface area (Å²) in [5.41, 5.74) is 4.77. The molecule has 3 rings (SSSR count). The minimum atomic E-state index is -0.525. The number of hydrogen-bond donors (Lipinski definition) is 1. The van der Waals surface area contributed by atoms with Gasteiger partial charge in [0.05, 0.1) is 0 Å². The van der Waals surface area contributed by atoms with Crippen LogP contribution in [0.1, 0.15) is 56.2 Å². The van der Waals surface area contributed by atoms with Crippen molar-refractivity contribution in [3.8, 4) is 5.75 Å². The molecule has 3 nitrogen and oxygen atoms in total. The van der Waals surface area contributed by atoms with E-state index >= 15 is 0 Å². The predicted octanol–water partition coefficient (Wildman–Crippen LogP) is 5.31. The zero-order valence-electron chi connectivity index (χ0n) is 15.9. The highest BCUT2D eigenvalue weighted by atomic mass is 16.5. The Kier molecular flexibility index (Phi) is 6.32. The van der Waals surface area contributed by atoms with Crippen molar-refractivity contribution in [2.45, 2.75) is 64.9 Å². The number of rotatable bonds is 7. The highest BCUT2D eigenvalue weighted by molar-refractivity contribution is 5.94. The molecule has 0 saturated heterocycles. The van der Waals surface area contributed by atoms with Gasteiger partial charge >= 0.3 is 0 Å². The average Bonchev–Trinajstić information content (AvgIpc) is 2.67. The first-order valence-electron chi connectivity index (χ1n) is 9.84. The van der Waals surface area contributed by atoms with Crippen molar-refractivity contribution >= 4 is 11.6 Å². The fourth-order valence-electron chi connectivity index (χ4n) is 3.48. The summed E-state index contributed by atoms with van der Waals surface area (Å²) >= 11 is 0. The number of hydrogen-bond acceptors (Lipinski definition) is 2. The number of anilines is 1. The van der Waals surface area contributed by atoms with Crippen LogP contribution >= 0.6 is 0 Å². The Morgan fingerprint density at radius 1 is 1.12 bits per heavy atom. The molecule has 0 aliphatic heterocycles. The molecule has 1 aliphatic carbocycles. The largest absolute Gasteiger partial charge is 0.481 e. The van der Waals surface area contributed by atoms with Crippen molar-refractivity contribution in [2.24, 2.45) is 0 Å². The van der Waals surface area contributed by atoms with Crippen LogP contribution in [-0.2, 0) is 24.1 Å². The lowest BCUT2D eigenvalue weighted by atomic mass is 9.91. The number of amides is 1. The van der Waals surface area contributed by atoms with Crippen LogP contribution in [0.3, 0.4) is 0 Å². The van der Waals surface area contributed by atoms with Crippen LogP contribution in [0.4, 0.5) is 5.69 Å². The lowest BCUT2D eigenvalue weighted by Crippen LogP contribution is -2.30. The molecule has 0 fully saturated rings. The molecule has 3 heteroatoms. The first-order valence-corrected chi connectivity index (χ1v) is 9.84. The highest BCUT2D eigenvalue weighted by Crippen LogP contribution is 2.30. The van der Waals surface area contributed by atoms with Gasteiger partial charge in [-0.25, -0.2) is 0 Å². The predicted molar refractivity (Wildman–Crippen MR) is 107 cm³/mol. The Bertz CT molecular complexity index is 736. The fourth-order valence-corrected chi connectivity index (χ4v) is 3.48. The molecule has 26 heavy (non-hydrogen) atoms. The topological polar surface area (TPSA) is 38.3 Å². The van der Waals surface area contributed by atoms with Crippen LogP contribution in [0.15, 0.2) is 42.5 Å². The van der Waals surface area contributed by atoms with Gasteiger partial charge in [0.2, 0.25) is 0 Å². The van der Waals surface area contributed by atoms with Crippen molar-refractivity contribution < 1.29 is 9.53 Å². The number of carbonyl (C=O) groups excluding carboxylic acids is 1. The minimum absolute atomic E-state index is 0.111. The minimum Gasteiger partial charge on any atom is -0.481 e. The van der Waals surface area contributed by atoms with Crippen molar-refractivity contribution in [1.82, 2.24) is 0 Å². The van der Waals surface area contributed by atoms with Gasteiger partial charge in [-0.2, -0.15) is 0 Å². The van der Waals surface area contributed by atoms with E-state index in [0.29, 0.717) is 0 Å². The number of ether oxygens (including phenoxy) is 1. The van der Waals surface area contributed by atoms with Gasteiger partial charge in [-0.05, 0) is 80.3 Å². The molecule has 0 bridgehead atoms. The van der Waals surface area contributed by atoms with Gasteiger partial charge in [-0.15, -0.1) is 0 Å². The summed E-state index contributed by atoms with van der Waals surface area (Å²) in [5, 5.41) is 2.96. The van der Waals surface area contributed by atoms with Crippen LogP contribution in [-0.4, -0.2) is 12.0 Å². The SMILES string of the molecule is CCCCc1ccc(NC(=O)[C@H](C)Oc2cccc3c2CCCC3)cc1. The Morgan fingerprint density at radius 3 is 2.65 bits per heavy atom. The molecule has 1 atom stereocenters. The number of aryl methyl sites for hydroxylation is 2. The lowest BCUT2D eigenvalue weighted by molar-refractivity contribution is -0.122. The van der Waals surface area contributed by atoms with E-state index in [0.717, 1.165) is 30.7 Å². The molecule has 1 N–H and O–H groups in total. The summed E-state index contributed by atoms with van der Waals surface area (Å²) in [6, 6.07) is 14.3. The molecule has 1 aliphatic rings. The maximum atomic E-state index is 12.5. The molecule has 0 saturated carbocycles. The van der Waals surface area contributed by atoms with E-state index in [1.54, 1.807) is 0 Å². The van der Waals surface area contributed by atoms with E-state index < -0.39 is 6.10 Å². The van der Waals surface area contributed by atoms with Crippen molar-refractivity contribution in [2.75, 3.05) is 5.32 Å². The maximum absolute atomic E-state index is 12.5. The summed E-state index contributed by atoms with van der Waals surface area (Å²) in [6.07, 6.45) is 7.52. The quantitative estimate of drug-likeness (QED) is 0.734. The molecule has 1 amide bonds. The lowest BCUT2D eigenvalue weighted by Gasteiger charge is -2.22. The standard InChI is InChI=1S/C23H29NO2/c1-3-4-8-18-13-15-20(16-14-18)24-23(25)17(2)26-22-12-7-10-19-9-5-6-11-21(19)22/h7,10,12-17H,3-6,8-9,11H2,1-2H3,(H,24,25)/t17-/m0/s1. The molecular formula is C23H29NO2. The van der Waals surface area contributed by atoms with Crippen molar-refractivity contribution in [1.29, 1.82) is 0 Å². The van der Waals surface area contributed by atoms with Crippen LogP contribution in [0.5, 0.6) is 5.75 Å². The van der Waals surface area contributed by atoms with E-state index in [1.165, 1.54) is 42.4 Å². The first kappa shape index (κ1) is 18.5. The second-order valence-electron chi connectivity index (χ2n) is 7.15. The number of fused-ring (bicyclic) bond motifs is 1. The maximum Gasteiger partial charge on any atom is 0.265 e. The first-order chi connectivity index (χ1) is 12.7. The van der Waals surface area contributed by atoms with Crippen LogP contribution in [0, 0.1) is 0 Å². The van der Waals surface area contributed by atoms with Gasteiger partial charge < -0.3 is 10.1 Å². The van der Waals surface area contributed by atoms with Gasteiger partial charge in [0.15, 0.2) is 6.10 Å². The van der Waals surface area contributed by atoms with Gasteiger partial charge in [-0.1, -0.05) is 37.6 Å². The zero-order valence-corrected chi connectivity index (χ0v) is 15.9. The summed E-state index contributed by atoms with van der Waals surface area (Å²) < 4.78 is 6.01. The Hall–Kier alpha value is -2.29. The van der Waals surface area contributed by atoms with Crippen molar-refractivity contribution in [3.05, 3.63) is 59.2 Å². The number of carbonyl (C=O) groups is 1. The van der Waals surface area contributed by atoms with Gasteiger partial charge in [0, 0.05) is 5.69 Å².